The van der Waals surface area contributed by atoms with Gasteiger partial charge in [0.25, 0.3) is 0 Å². The van der Waals surface area contributed by atoms with E-state index in [0.29, 0.717) is 0 Å². The van der Waals surface area contributed by atoms with Crippen LogP contribution in [0, 0.1) is 0 Å². The fraction of sp³-hybridized carbons (Fsp3) is 0.286. The zero-order chi connectivity index (χ0) is 16.1. The van der Waals surface area contributed by atoms with Crippen LogP contribution in [0.15, 0.2) is 60.8 Å². The molecule has 0 saturated carbocycles. The summed E-state index contributed by atoms with van der Waals surface area (Å²) in [7, 11) is 0. The first kappa shape index (κ1) is 15.5. The molecule has 0 unspecified atom stereocenters. The highest BCUT2D eigenvalue weighted by Crippen LogP contribution is 2.31. The highest BCUT2D eigenvalue weighted by atomic mass is 15.1. The molecule has 3 rings (SSSR count). The topological polar surface area (TPSA) is 16.1 Å². The Morgan fingerprint density at radius 1 is 0.826 bits per heavy atom. The second-order valence-electron chi connectivity index (χ2n) is 5.92. The van der Waals surface area contributed by atoms with Gasteiger partial charge in [-0.3, -0.25) is 4.98 Å². The lowest BCUT2D eigenvalue weighted by Gasteiger charge is -2.25. The van der Waals surface area contributed by atoms with E-state index < -0.39 is 0 Å². The van der Waals surface area contributed by atoms with Crippen molar-refractivity contribution in [3.63, 3.8) is 0 Å². The Kier molecular flexibility index (Phi) is 4.92. The van der Waals surface area contributed by atoms with Crippen molar-refractivity contribution in [2.45, 2.75) is 26.7 Å². The van der Waals surface area contributed by atoms with Gasteiger partial charge in [-0.1, -0.05) is 50.2 Å². The summed E-state index contributed by atoms with van der Waals surface area (Å²) in [5.41, 5.74) is 3.52. The number of fused-ring (bicyclic) bond motifs is 1. The maximum Gasteiger partial charge on any atom is 0.0935 e. The van der Waals surface area contributed by atoms with Gasteiger partial charge in [0.1, 0.15) is 0 Å². The zero-order valence-electron chi connectivity index (χ0n) is 14.0. The summed E-state index contributed by atoms with van der Waals surface area (Å²) in [6.45, 7) is 6.60. The SMILES string of the molecule is CCCN(CCC)c1cccnc1-c1ccc2ccccc2c1. The summed E-state index contributed by atoms with van der Waals surface area (Å²) in [5.74, 6) is 0. The van der Waals surface area contributed by atoms with E-state index in [-0.39, 0.29) is 0 Å². The van der Waals surface area contributed by atoms with E-state index in [1.807, 2.05) is 12.3 Å². The van der Waals surface area contributed by atoms with E-state index in [1.54, 1.807) is 0 Å². The van der Waals surface area contributed by atoms with Crippen LogP contribution in [0.2, 0.25) is 0 Å². The van der Waals surface area contributed by atoms with Crippen LogP contribution in [0.4, 0.5) is 5.69 Å². The minimum absolute atomic E-state index is 1.07. The van der Waals surface area contributed by atoms with Crippen molar-refractivity contribution < 1.29 is 0 Å². The Balaban J connectivity index is 2.07. The molecule has 0 fully saturated rings. The maximum absolute atomic E-state index is 4.70. The second kappa shape index (κ2) is 7.28. The summed E-state index contributed by atoms with van der Waals surface area (Å²) < 4.78 is 0. The number of pyridine rings is 1. The van der Waals surface area contributed by atoms with Crippen LogP contribution in [-0.4, -0.2) is 18.1 Å². The van der Waals surface area contributed by atoms with E-state index >= 15 is 0 Å². The van der Waals surface area contributed by atoms with Gasteiger partial charge in [0.05, 0.1) is 11.4 Å². The van der Waals surface area contributed by atoms with Crippen molar-refractivity contribution in [1.29, 1.82) is 0 Å². The lowest BCUT2D eigenvalue weighted by atomic mass is 10.0. The molecule has 1 aromatic heterocycles. The van der Waals surface area contributed by atoms with Gasteiger partial charge in [-0.15, -0.1) is 0 Å². The number of hydrogen-bond acceptors (Lipinski definition) is 2. The van der Waals surface area contributed by atoms with Crippen LogP contribution in [-0.2, 0) is 0 Å². The van der Waals surface area contributed by atoms with Crippen molar-refractivity contribution >= 4 is 16.5 Å². The molecule has 0 N–H and O–H groups in total. The quantitative estimate of drug-likeness (QED) is 0.595. The average molecular weight is 304 g/mol. The van der Waals surface area contributed by atoms with E-state index in [2.05, 4.69) is 67.3 Å². The highest BCUT2D eigenvalue weighted by molar-refractivity contribution is 5.88. The third kappa shape index (κ3) is 3.37. The fourth-order valence-electron chi connectivity index (χ4n) is 3.10. The summed E-state index contributed by atoms with van der Waals surface area (Å²) in [5, 5.41) is 2.53. The molecule has 0 radical (unpaired) electrons. The molecule has 0 spiro atoms. The van der Waals surface area contributed by atoms with Gasteiger partial charge < -0.3 is 4.90 Å². The molecule has 0 atom stereocenters. The van der Waals surface area contributed by atoms with Crippen LogP contribution in [0.1, 0.15) is 26.7 Å². The minimum atomic E-state index is 1.07. The lowest BCUT2D eigenvalue weighted by molar-refractivity contribution is 0.744. The fourth-order valence-corrected chi connectivity index (χ4v) is 3.10. The second-order valence-corrected chi connectivity index (χ2v) is 5.92. The Bertz CT molecular complexity index is 773. The van der Waals surface area contributed by atoms with Crippen molar-refractivity contribution in [1.82, 2.24) is 4.98 Å². The summed E-state index contributed by atoms with van der Waals surface area (Å²) in [6.07, 6.45) is 4.18. The molecule has 0 aliphatic heterocycles. The van der Waals surface area contributed by atoms with Gasteiger partial charge >= 0.3 is 0 Å². The van der Waals surface area contributed by atoms with Gasteiger partial charge in [0, 0.05) is 24.8 Å². The molecule has 23 heavy (non-hydrogen) atoms. The number of hydrogen-bond donors (Lipinski definition) is 0. The van der Waals surface area contributed by atoms with Gasteiger partial charge in [-0.25, -0.2) is 0 Å². The zero-order valence-corrected chi connectivity index (χ0v) is 14.0. The predicted molar refractivity (Wildman–Crippen MR) is 100.0 cm³/mol. The van der Waals surface area contributed by atoms with Crippen molar-refractivity contribution in [2.24, 2.45) is 0 Å². The van der Waals surface area contributed by atoms with Crippen molar-refractivity contribution in [3.8, 4) is 11.3 Å². The van der Waals surface area contributed by atoms with Crippen molar-refractivity contribution in [2.75, 3.05) is 18.0 Å². The van der Waals surface area contributed by atoms with Crippen LogP contribution >= 0.6 is 0 Å². The molecule has 118 valence electrons. The van der Waals surface area contributed by atoms with Gasteiger partial charge in [0.15, 0.2) is 0 Å². The van der Waals surface area contributed by atoms with E-state index in [9.17, 15) is 0 Å². The Labute approximate surface area is 138 Å². The molecular formula is C21H24N2. The number of anilines is 1. The summed E-state index contributed by atoms with van der Waals surface area (Å²) in [6, 6.07) is 19.3. The first-order valence-electron chi connectivity index (χ1n) is 8.52. The highest BCUT2D eigenvalue weighted by Gasteiger charge is 2.12. The van der Waals surface area contributed by atoms with Crippen LogP contribution in [0.25, 0.3) is 22.0 Å². The number of nitrogens with zero attached hydrogens (tertiary/aromatic N) is 2. The summed E-state index contributed by atoms with van der Waals surface area (Å²) in [4.78, 5) is 7.16. The van der Waals surface area contributed by atoms with Gasteiger partial charge in [0.2, 0.25) is 0 Å². The monoisotopic (exact) mass is 304 g/mol. The minimum Gasteiger partial charge on any atom is -0.370 e. The Morgan fingerprint density at radius 2 is 1.57 bits per heavy atom. The largest absolute Gasteiger partial charge is 0.370 e. The molecule has 0 bridgehead atoms. The van der Waals surface area contributed by atoms with Crippen LogP contribution in [0.3, 0.4) is 0 Å². The average Bonchev–Trinajstić information content (AvgIpc) is 2.61. The molecule has 0 saturated heterocycles. The molecule has 2 aromatic carbocycles. The van der Waals surface area contributed by atoms with Crippen LogP contribution in [0.5, 0.6) is 0 Å². The summed E-state index contributed by atoms with van der Waals surface area (Å²) >= 11 is 0. The van der Waals surface area contributed by atoms with E-state index in [4.69, 9.17) is 4.98 Å². The first-order chi connectivity index (χ1) is 11.3. The Hall–Kier alpha value is -2.35. The smallest absolute Gasteiger partial charge is 0.0935 e. The molecular weight excluding hydrogens is 280 g/mol. The molecule has 0 aliphatic rings. The molecule has 3 aromatic rings. The third-order valence-electron chi connectivity index (χ3n) is 4.14. The van der Waals surface area contributed by atoms with Gasteiger partial charge in [-0.2, -0.15) is 0 Å². The lowest BCUT2D eigenvalue weighted by Crippen LogP contribution is -2.25. The molecule has 0 aliphatic carbocycles. The Morgan fingerprint density at radius 3 is 2.30 bits per heavy atom. The molecule has 0 amide bonds. The molecule has 1 heterocycles. The normalized spacial score (nSPS) is 10.9. The van der Waals surface area contributed by atoms with Crippen molar-refractivity contribution in [3.05, 3.63) is 60.8 Å². The first-order valence-corrected chi connectivity index (χ1v) is 8.52. The molecule has 2 heteroatoms. The number of aromatic nitrogens is 1. The molecule has 2 nitrogen and oxygen atoms in total. The van der Waals surface area contributed by atoms with Gasteiger partial charge in [-0.05, 0) is 41.8 Å². The third-order valence-corrected chi connectivity index (χ3v) is 4.14. The van der Waals surface area contributed by atoms with E-state index in [1.165, 1.54) is 22.0 Å². The van der Waals surface area contributed by atoms with E-state index in [0.717, 1.165) is 31.6 Å². The number of benzene rings is 2. The predicted octanol–water partition coefficient (Wildman–Crippen LogP) is 5.53. The standard InChI is InChI=1S/C21H24N2/c1-3-14-23(15-4-2)20-10-7-13-22-21(20)19-12-11-17-8-5-6-9-18(17)16-19/h5-13,16H,3-4,14-15H2,1-2H3. The maximum atomic E-state index is 4.70. The number of rotatable bonds is 6. The van der Waals surface area contributed by atoms with Crippen LogP contribution < -0.4 is 4.90 Å².